The first-order valence-electron chi connectivity index (χ1n) is 6.78. The maximum Gasteiger partial charge on any atom is 0.293 e. The van der Waals surface area contributed by atoms with Gasteiger partial charge in [-0.25, -0.2) is 0 Å². The molecule has 0 saturated heterocycles. The lowest BCUT2D eigenvalue weighted by Gasteiger charge is -2.23. The normalized spacial score (nSPS) is 23.3. The maximum atomic E-state index is 12.1. The lowest BCUT2D eigenvalue weighted by molar-refractivity contribution is -0.745. The lowest BCUT2D eigenvalue weighted by Crippen LogP contribution is -2.50. The minimum Gasteiger partial charge on any atom is -0.395 e. The van der Waals surface area contributed by atoms with E-state index in [2.05, 4.69) is 32.6 Å². The molecule has 0 spiro atoms. The quantitative estimate of drug-likeness (QED) is 0.298. The Morgan fingerprint density at radius 3 is 3.00 bits per heavy atom. The van der Waals surface area contributed by atoms with Crippen molar-refractivity contribution < 1.29 is 14.5 Å². The molecule has 1 atom stereocenters. The average molecular weight is 404 g/mol. The van der Waals surface area contributed by atoms with Gasteiger partial charge < -0.3 is 10.0 Å². The molecule has 2 heterocycles. The number of rotatable bonds is 6. The summed E-state index contributed by atoms with van der Waals surface area (Å²) < 4.78 is 0.761. The van der Waals surface area contributed by atoms with Crippen LogP contribution < -0.4 is 5.84 Å². The van der Waals surface area contributed by atoms with Gasteiger partial charge in [-0.1, -0.05) is 0 Å². The Morgan fingerprint density at radius 1 is 1.57 bits per heavy atom. The summed E-state index contributed by atoms with van der Waals surface area (Å²) >= 11 is 2.10. The van der Waals surface area contributed by atoms with Crippen molar-refractivity contribution in [1.29, 1.82) is 0 Å². The van der Waals surface area contributed by atoms with E-state index in [9.17, 15) is 4.79 Å². The molecular formula is C13H19IN5O2+. The molecule has 0 aliphatic carbocycles. The van der Waals surface area contributed by atoms with Crippen LogP contribution in [0.15, 0.2) is 33.8 Å². The van der Waals surface area contributed by atoms with E-state index in [1.807, 2.05) is 6.92 Å². The SMILES string of the molecule is CCN(CCO)C(=O)CCC1=C2C=NC=C[N+]2(N)C(I)=N1. The van der Waals surface area contributed by atoms with Crippen LogP contribution in [0.3, 0.4) is 0 Å². The summed E-state index contributed by atoms with van der Waals surface area (Å²) in [5.74, 6) is 6.28. The standard InChI is InChI=1S/C13H19IN5O2/c1-2-18(6-8-20)12(21)4-3-10-11-9-16-5-7-19(11,15)13(14)17-10/h5,7,9,20H,2-4,6,8,15H2,1H3/q+1. The second kappa shape index (κ2) is 6.77. The minimum absolute atomic E-state index is 0.00942. The van der Waals surface area contributed by atoms with Crippen molar-refractivity contribution >= 4 is 38.6 Å². The molecule has 114 valence electrons. The summed E-state index contributed by atoms with van der Waals surface area (Å²) in [5, 5.41) is 8.95. The zero-order valence-corrected chi connectivity index (χ0v) is 14.0. The first kappa shape index (κ1) is 16.3. The number of aliphatic imine (C=N–C) groups is 2. The maximum absolute atomic E-state index is 12.1. The van der Waals surface area contributed by atoms with Gasteiger partial charge in [0.05, 0.1) is 41.6 Å². The number of hydrogen-bond acceptors (Lipinski definition) is 5. The fraction of sp³-hybridized carbons (Fsp3) is 0.462. The van der Waals surface area contributed by atoms with Gasteiger partial charge in [-0.05, 0) is 6.92 Å². The van der Waals surface area contributed by atoms with Crippen LogP contribution >= 0.6 is 22.6 Å². The van der Waals surface area contributed by atoms with Gasteiger partial charge in [0.2, 0.25) is 11.6 Å². The molecule has 0 fully saturated rings. The first-order valence-corrected chi connectivity index (χ1v) is 7.86. The summed E-state index contributed by atoms with van der Waals surface area (Å²) in [6.45, 7) is 2.83. The van der Waals surface area contributed by atoms with Crippen molar-refractivity contribution in [1.82, 2.24) is 4.90 Å². The minimum atomic E-state index is -0.0240. The smallest absolute Gasteiger partial charge is 0.293 e. The second-order valence-corrected chi connectivity index (χ2v) is 5.73. The van der Waals surface area contributed by atoms with Gasteiger partial charge in [0.25, 0.3) is 3.84 Å². The van der Waals surface area contributed by atoms with Crippen LogP contribution in [0.25, 0.3) is 0 Å². The summed E-state index contributed by atoms with van der Waals surface area (Å²) in [4.78, 5) is 22.3. The number of fused-ring (bicyclic) bond motifs is 1. The number of carbonyl (C=O) groups excluding carboxylic acids is 1. The number of amidine groups is 1. The molecular weight excluding hydrogens is 385 g/mol. The van der Waals surface area contributed by atoms with E-state index in [0.717, 1.165) is 15.2 Å². The molecule has 1 unspecified atom stereocenters. The number of likely N-dealkylation sites (N-methyl/N-ethyl adjacent to an activating group) is 1. The van der Waals surface area contributed by atoms with Crippen molar-refractivity contribution in [3.63, 3.8) is 0 Å². The van der Waals surface area contributed by atoms with Gasteiger partial charge >= 0.3 is 0 Å². The van der Waals surface area contributed by atoms with Gasteiger partial charge in [-0.15, -0.1) is 4.59 Å². The fourth-order valence-electron chi connectivity index (χ4n) is 2.28. The Bertz CT molecular complexity index is 555. The summed E-state index contributed by atoms with van der Waals surface area (Å²) in [5.41, 5.74) is 1.60. The summed E-state index contributed by atoms with van der Waals surface area (Å²) in [6, 6.07) is 0. The fourth-order valence-corrected chi connectivity index (χ4v) is 2.99. The Kier molecular flexibility index (Phi) is 5.25. The molecule has 0 bridgehead atoms. The van der Waals surface area contributed by atoms with Crippen LogP contribution in [-0.2, 0) is 4.79 Å². The van der Waals surface area contributed by atoms with E-state index in [4.69, 9.17) is 10.9 Å². The van der Waals surface area contributed by atoms with Gasteiger partial charge in [0.1, 0.15) is 11.9 Å². The topological polar surface area (TPSA) is 91.3 Å². The van der Waals surface area contributed by atoms with Crippen molar-refractivity contribution in [2.45, 2.75) is 19.8 Å². The molecule has 8 heteroatoms. The van der Waals surface area contributed by atoms with Crippen molar-refractivity contribution in [2.24, 2.45) is 15.8 Å². The van der Waals surface area contributed by atoms with E-state index in [0.29, 0.717) is 25.9 Å². The number of halogens is 1. The zero-order valence-electron chi connectivity index (χ0n) is 11.9. The van der Waals surface area contributed by atoms with Gasteiger partial charge in [0, 0.05) is 25.9 Å². The zero-order chi connectivity index (χ0) is 15.5. The predicted octanol–water partition coefficient (Wildman–Crippen LogP) is 0.870. The number of allylic oxidation sites excluding steroid dienone is 2. The molecule has 3 N–H and O–H groups in total. The average Bonchev–Trinajstić information content (AvgIpc) is 2.74. The van der Waals surface area contributed by atoms with E-state index < -0.39 is 0 Å². The van der Waals surface area contributed by atoms with E-state index in [-0.39, 0.29) is 17.1 Å². The third-order valence-corrected chi connectivity index (χ3v) is 4.53. The van der Waals surface area contributed by atoms with E-state index in [1.54, 1.807) is 23.5 Å². The number of quaternary nitrogens is 1. The van der Waals surface area contributed by atoms with Crippen molar-refractivity contribution in [2.75, 3.05) is 19.7 Å². The Hall–Kier alpha value is -1.10. The molecule has 0 radical (unpaired) electrons. The number of amides is 1. The molecule has 7 nitrogen and oxygen atoms in total. The van der Waals surface area contributed by atoms with E-state index in [1.165, 1.54) is 0 Å². The first-order chi connectivity index (χ1) is 10.0. The molecule has 2 aliphatic rings. The second-order valence-electron chi connectivity index (χ2n) is 4.76. The lowest BCUT2D eigenvalue weighted by atomic mass is 10.2. The molecule has 21 heavy (non-hydrogen) atoms. The van der Waals surface area contributed by atoms with Crippen molar-refractivity contribution in [3.8, 4) is 0 Å². The molecule has 0 aromatic carbocycles. The molecule has 2 rings (SSSR count). The van der Waals surface area contributed by atoms with Crippen LogP contribution in [-0.4, -0.2) is 50.3 Å². The highest BCUT2D eigenvalue weighted by Crippen LogP contribution is 2.32. The molecule has 0 aromatic rings. The highest BCUT2D eigenvalue weighted by Gasteiger charge is 2.41. The monoisotopic (exact) mass is 404 g/mol. The highest BCUT2D eigenvalue weighted by molar-refractivity contribution is 14.1. The van der Waals surface area contributed by atoms with Gasteiger partial charge in [0.15, 0.2) is 0 Å². The predicted molar refractivity (Wildman–Crippen MR) is 89.1 cm³/mol. The molecule has 1 amide bonds. The molecule has 0 aromatic heterocycles. The van der Waals surface area contributed by atoms with Crippen molar-refractivity contribution in [3.05, 3.63) is 23.8 Å². The molecule has 0 saturated carbocycles. The van der Waals surface area contributed by atoms with E-state index >= 15 is 0 Å². The summed E-state index contributed by atoms with van der Waals surface area (Å²) in [6.07, 6.45) is 5.96. The highest BCUT2D eigenvalue weighted by atomic mass is 127. The number of nitrogens with two attached hydrogens (primary N) is 1. The van der Waals surface area contributed by atoms with Crippen LogP contribution in [0.4, 0.5) is 0 Å². The van der Waals surface area contributed by atoms with Crippen LogP contribution in [0, 0.1) is 0 Å². The van der Waals surface area contributed by atoms with Crippen LogP contribution in [0.1, 0.15) is 19.8 Å². The Balaban J connectivity index is 2.07. The van der Waals surface area contributed by atoms with Crippen LogP contribution in [0.5, 0.6) is 0 Å². The number of nitrogens with zero attached hydrogens (tertiary/aromatic N) is 4. The third-order valence-electron chi connectivity index (χ3n) is 3.49. The molecule has 2 aliphatic heterocycles. The number of carbonyl (C=O) groups is 1. The van der Waals surface area contributed by atoms with Gasteiger partial charge in [-0.2, -0.15) is 10.8 Å². The van der Waals surface area contributed by atoms with Crippen LogP contribution in [0.2, 0.25) is 0 Å². The summed E-state index contributed by atoms with van der Waals surface area (Å²) in [7, 11) is 0. The Morgan fingerprint density at radius 2 is 2.33 bits per heavy atom. The van der Waals surface area contributed by atoms with Gasteiger partial charge in [-0.3, -0.25) is 9.79 Å². The number of aliphatic hydroxyl groups is 1. The number of hydrogen-bond donors (Lipinski definition) is 2. The largest absolute Gasteiger partial charge is 0.395 e. The third kappa shape index (κ3) is 3.23. The Labute approximate surface area is 137 Å². The number of aliphatic hydroxyl groups excluding tert-OH is 1.